The molecular formula is C14H25NOS. The summed E-state index contributed by atoms with van der Waals surface area (Å²) >= 11 is 1.91. The lowest BCUT2D eigenvalue weighted by atomic mass is 9.79. The van der Waals surface area contributed by atoms with Gasteiger partial charge in [-0.1, -0.05) is 19.1 Å². The quantitative estimate of drug-likeness (QED) is 0.716. The molecule has 0 aromatic heterocycles. The first-order valence-corrected chi connectivity index (χ1v) is 7.99. The van der Waals surface area contributed by atoms with Crippen LogP contribution in [0.2, 0.25) is 0 Å². The monoisotopic (exact) mass is 255 g/mol. The summed E-state index contributed by atoms with van der Waals surface area (Å²) in [5.74, 6) is 1.89. The summed E-state index contributed by atoms with van der Waals surface area (Å²) in [6, 6.07) is 0. The molecule has 0 unspecified atom stereocenters. The van der Waals surface area contributed by atoms with Crippen LogP contribution in [0.5, 0.6) is 0 Å². The Labute approximate surface area is 109 Å². The molecule has 0 radical (unpaired) electrons. The van der Waals surface area contributed by atoms with Crippen LogP contribution in [0.4, 0.5) is 0 Å². The molecule has 2 aliphatic carbocycles. The molecule has 2 rings (SSSR count). The second-order valence-electron chi connectivity index (χ2n) is 5.37. The number of aliphatic hydroxyl groups is 1. The Kier molecular flexibility index (Phi) is 4.95. The van der Waals surface area contributed by atoms with E-state index in [-0.39, 0.29) is 0 Å². The smallest absolute Gasteiger partial charge is 0.0889 e. The van der Waals surface area contributed by atoms with Crippen molar-refractivity contribution in [2.45, 2.75) is 49.9 Å². The van der Waals surface area contributed by atoms with Crippen LogP contribution < -0.4 is 5.32 Å². The van der Waals surface area contributed by atoms with Crippen molar-refractivity contribution >= 4 is 11.8 Å². The molecule has 0 spiro atoms. The lowest BCUT2D eigenvalue weighted by Crippen LogP contribution is -2.56. The molecule has 0 aromatic carbocycles. The highest BCUT2D eigenvalue weighted by molar-refractivity contribution is 8.00. The maximum atomic E-state index is 10.4. The largest absolute Gasteiger partial charge is 0.387 e. The third-order valence-electron chi connectivity index (χ3n) is 4.05. The van der Waals surface area contributed by atoms with Gasteiger partial charge in [-0.2, -0.15) is 11.8 Å². The Hall–Kier alpha value is 0.0100. The summed E-state index contributed by atoms with van der Waals surface area (Å²) in [4.78, 5) is 0. The van der Waals surface area contributed by atoms with Gasteiger partial charge in [0.05, 0.1) is 5.60 Å². The van der Waals surface area contributed by atoms with Crippen LogP contribution in [-0.4, -0.2) is 34.8 Å². The molecule has 2 nitrogen and oxygen atoms in total. The van der Waals surface area contributed by atoms with E-state index in [4.69, 9.17) is 0 Å². The van der Waals surface area contributed by atoms with Gasteiger partial charge < -0.3 is 10.4 Å². The Morgan fingerprint density at radius 3 is 2.88 bits per heavy atom. The van der Waals surface area contributed by atoms with Gasteiger partial charge in [-0.05, 0) is 50.3 Å². The summed E-state index contributed by atoms with van der Waals surface area (Å²) < 4.78 is 0. The Morgan fingerprint density at radius 1 is 1.41 bits per heavy atom. The first-order valence-electron chi connectivity index (χ1n) is 6.94. The zero-order valence-electron chi connectivity index (χ0n) is 10.8. The molecule has 2 aliphatic rings. The first-order chi connectivity index (χ1) is 8.24. The third-order valence-corrected chi connectivity index (χ3v) is 5.46. The molecular weight excluding hydrogens is 230 g/mol. The molecule has 0 aliphatic heterocycles. The van der Waals surface area contributed by atoms with Crippen LogP contribution in [0.25, 0.3) is 0 Å². The Morgan fingerprint density at radius 2 is 2.29 bits per heavy atom. The minimum absolute atomic E-state index is 0.425. The van der Waals surface area contributed by atoms with Gasteiger partial charge in [0.25, 0.3) is 0 Å². The van der Waals surface area contributed by atoms with E-state index in [9.17, 15) is 5.11 Å². The topological polar surface area (TPSA) is 32.3 Å². The van der Waals surface area contributed by atoms with Gasteiger partial charge in [-0.15, -0.1) is 0 Å². The molecule has 0 saturated heterocycles. The second-order valence-corrected chi connectivity index (χ2v) is 6.85. The van der Waals surface area contributed by atoms with E-state index in [1.807, 2.05) is 11.8 Å². The van der Waals surface area contributed by atoms with Gasteiger partial charge in [-0.25, -0.2) is 0 Å². The van der Waals surface area contributed by atoms with E-state index in [1.165, 1.54) is 25.7 Å². The summed E-state index contributed by atoms with van der Waals surface area (Å²) in [7, 11) is 0. The van der Waals surface area contributed by atoms with Crippen molar-refractivity contribution in [1.82, 2.24) is 5.32 Å². The molecule has 1 fully saturated rings. The molecule has 2 N–H and O–H groups in total. The minimum atomic E-state index is -0.425. The Bertz CT molecular complexity index is 269. The lowest BCUT2D eigenvalue weighted by Gasteiger charge is -2.45. The fourth-order valence-electron chi connectivity index (χ4n) is 2.77. The van der Waals surface area contributed by atoms with Gasteiger partial charge in [0.1, 0.15) is 0 Å². The summed E-state index contributed by atoms with van der Waals surface area (Å²) in [6.07, 6.45) is 10.5. The summed E-state index contributed by atoms with van der Waals surface area (Å²) in [6.45, 7) is 4.02. The van der Waals surface area contributed by atoms with Crippen LogP contribution >= 0.6 is 11.8 Å². The average molecular weight is 255 g/mol. The second kappa shape index (κ2) is 6.26. The molecule has 1 saturated carbocycles. The highest BCUT2D eigenvalue weighted by Crippen LogP contribution is 2.40. The van der Waals surface area contributed by atoms with Gasteiger partial charge in [0, 0.05) is 11.8 Å². The van der Waals surface area contributed by atoms with Crippen molar-refractivity contribution < 1.29 is 5.11 Å². The number of hydrogen-bond acceptors (Lipinski definition) is 3. The molecule has 3 heteroatoms. The number of allylic oxidation sites excluding steroid dienone is 2. The fourth-order valence-corrected chi connectivity index (χ4v) is 3.97. The molecule has 17 heavy (non-hydrogen) atoms. The van der Waals surface area contributed by atoms with Crippen LogP contribution in [0.3, 0.4) is 0 Å². The van der Waals surface area contributed by atoms with E-state index >= 15 is 0 Å². The van der Waals surface area contributed by atoms with Crippen molar-refractivity contribution in [3.8, 4) is 0 Å². The Balaban J connectivity index is 1.65. The van der Waals surface area contributed by atoms with Gasteiger partial charge in [-0.3, -0.25) is 0 Å². The standard InChI is InChI=1S/C14H25NOS/c1-2-17-13-8-9-14(13,16)11-15-10-12-6-4-3-5-7-12/h3-4,12-13,15-16H,2,5-11H2,1H3/t12-,13-,14+/m1/s1. The van der Waals surface area contributed by atoms with Crippen LogP contribution in [-0.2, 0) is 0 Å². The van der Waals surface area contributed by atoms with E-state index < -0.39 is 5.60 Å². The van der Waals surface area contributed by atoms with Gasteiger partial charge in [0.15, 0.2) is 0 Å². The number of rotatable bonds is 6. The zero-order chi connectivity index (χ0) is 12.1. The predicted octanol–water partition coefficient (Wildman–Crippen LogP) is 2.58. The van der Waals surface area contributed by atoms with Gasteiger partial charge >= 0.3 is 0 Å². The van der Waals surface area contributed by atoms with Crippen LogP contribution in [0.15, 0.2) is 12.2 Å². The molecule has 3 atom stereocenters. The number of nitrogens with one attached hydrogen (secondary N) is 1. The summed E-state index contributed by atoms with van der Waals surface area (Å²) in [5.41, 5.74) is -0.425. The normalized spacial score (nSPS) is 36.8. The third kappa shape index (κ3) is 3.49. The number of thioether (sulfide) groups is 1. The lowest BCUT2D eigenvalue weighted by molar-refractivity contribution is -0.0237. The minimum Gasteiger partial charge on any atom is -0.387 e. The highest BCUT2D eigenvalue weighted by Gasteiger charge is 2.44. The molecule has 0 heterocycles. The average Bonchev–Trinajstić information content (AvgIpc) is 2.36. The zero-order valence-corrected chi connectivity index (χ0v) is 11.6. The SMILES string of the molecule is CCS[C@@H]1CC[C@]1(O)CNC[C@@H]1CC=CCC1. The molecule has 0 bridgehead atoms. The van der Waals surface area contributed by atoms with E-state index in [0.717, 1.165) is 31.2 Å². The van der Waals surface area contributed by atoms with Crippen LogP contribution in [0.1, 0.15) is 39.0 Å². The van der Waals surface area contributed by atoms with Crippen molar-refractivity contribution in [3.05, 3.63) is 12.2 Å². The van der Waals surface area contributed by atoms with E-state index in [1.54, 1.807) is 0 Å². The maximum absolute atomic E-state index is 10.4. The van der Waals surface area contributed by atoms with E-state index in [0.29, 0.717) is 5.25 Å². The fraction of sp³-hybridized carbons (Fsp3) is 0.857. The highest BCUT2D eigenvalue weighted by atomic mass is 32.2. The predicted molar refractivity (Wildman–Crippen MR) is 75.5 cm³/mol. The van der Waals surface area contributed by atoms with Crippen LogP contribution in [0, 0.1) is 5.92 Å². The number of hydrogen-bond donors (Lipinski definition) is 2. The van der Waals surface area contributed by atoms with Gasteiger partial charge in [0.2, 0.25) is 0 Å². The van der Waals surface area contributed by atoms with E-state index in [2.05, 4.69) is 24.4 Å². The van der Waals surface area contributed by atoms with Crippen molar-refractivity contribution in [1.29, 1.82) is 0 Å². The molecule has 98 valence electrons. The van der Waals surface area contributed by atoms with Crippen molar-refractivity contribution in [3.63, 3.8) is 0 Å². The van der Waals surface area contributed by atoms with Crippen molar-refractivity contribution in [2.75, 3.05) is 18.8 Å². The first kappa shape index (κ1) is 13.4. The molecule has 0 amide bonds. The van der Waals surface area contributed by atoms with Crippen molar-refractivity contribution in [2.24, 2.45) is 5.92 Å². The molecule has 0 aromatic rings. The summed E-state index contributed by atoms with van der Waals surface area (Å²) in [5, 5.41) is 14.4. The maximum Gasteiger partial charge on any atom is 0.0889 e.